The quantitative estimate of drug-likeness (QED) is 0.780. The molecule has 90 valence electrons. The molecule has 0 radical (unpaired) electrons. The second kappa shape index (κ2) is 4.62. The molecule has 0 aliphatic rings. The number of nitrogens with one attached hydrogen (secondary N) is 1. The second-order valence-corrected chi connectivity index (χ2v) is 4.64. The number of aromatic nitrogens is 2. The van der Waals surface area contributed by atoms with Crippen LogP contribution in [0.1, 0.15) is 0 Å². The normalized spacial score (nSPS) is 10.5. The minimum Gasteiger partial charge on any atom is -0.387 e. The first kappa shape index (κ1) is 11.0. The zero-order valence-electron chi connectivity index (χ0n) is 9.75. The van der Waals surface area contributed by atoms with Gasteiger partial charge in [0.25, 0.3) is 5.89 Å². The van der Waals surface area contributed by atoms with Crippen molar-refractivity contribution in [2.45, 2.75) is 0 Å². The monoisotopic (exact) mass is 257 g/mol. The Balaban J connectivity index is 2.03. The van der Waals surface area contributed by atoms with Gasteiger partial charge in [0.1, 0.15) is 0 Å². The summed E-state index contributed by atoms with van der Waals surface area (Å²) >= 11 is 1.59. The average molecular weight is 257 g/mol. The summed E-state index contributed by atoms with van der Waals surface area (Å²) in [6, 6.07) is 11.8. The molecule has 0 amide bonds. The molecule has 0 aliphatic heterocycles. The number of thiophene rings is 1. The van der Waals surface area contributed by atoms with E-state index in [0.717, 1.165) is 16.1 Å². The summed E-state index contributed by atoms with van der Waals surface area (Å²) in [5, 5.41) is 9.11. The van der Waals surface area contributed by atoms with Crippen LogP contribution >= 0.6 is 11.3 Å². The van der Waals surface area contributed by atoms with Crippen molar-refractivity contribution in [3.8, 4) is 22.2 Å². The molecule has 2 heterocycles. The fourth-order valence-electron chi connectivity index (χ4n) is 1.73. The lowest BCUT2D eigenvalue weighted by Gasteiger charge is -2.03. The molecular weight excluding hydrogens is 246 g/mol. The van der Waals surface area contributed by atoms with E-state index in [1.807, 2.05) is 48.8 Å². The molecule has 0 saturated carbocycles. The van der Waals surface area contributed by atoms with Crippen molar-refractivity contribution < 1.29 is 4.52 Å². The van der Waals surface area contributed by atoms with Gasteiger partial charge in [0.15, 0.2) is 0 Å². The van der Waals surface area contributed by atoms with E-state index in [-0.39, 0.29) is 0 Å². The number of hydrogen-bond donors (Lipinski definition) is 1. The molecule has 4 nitrogen and oxygen atoms in total. The van der Waals surface area contributed by atoms with E-state index in [0.29, 0.717) is 11.7 Å². The molecule has 0 spiro atoms. The van der Waals surface area contributed by atoms with Crippen LogP contribution in [0.2, 0.25) is 0 Å². The number of rotatable bonds is 3. The highest BCUT2D eigenvalue weighted by Gasteiger charge is 2.13. The maximum atomic E-state index is 5.32. The highest BCUT2D eigenvalue weighted by Crippen LogP contribution is 2.29. The van der Waals surface area contributed by atoms with Crippen molar-refractivity contribution in [3.63, 3.8) is 0 Å². The highest BCUT2D eigenvalue weighted by molar-refractivity contribution is 7.13. The molecule has 1 N–H and O–H groups in total. The number of hydrogen-bond acceptors (Lipinski definition) is 5. The molecule has 0 bridgehead atoms. The Kier molecular flexibility index (Phi) is 2.82. The van der Waals surface area contributed by atoms with Crippen LogP contribution in [0.3, 0.4) is 0 Å². The Morgan fingerprint density at radius 2 is 2.06 bits per heavy atom. The van der Waals surface area contributed by atoms with Crippen LogP contribution in [0.4, 0.5) is 5.69 Å². The number of anilines is 1. The summed E-state index contributed by atoms with van der Waals surface area (Å²) < 4.78 is 5.32. The second-order valence-electron chi connectivity index (χ2n) is 3.70. The smallest absolute Gasteiger partial charge is 0.260 e. The molecular formula is C13H11N3OS. The Morgan fingerprint density at radius 3 is 2.83 bits per heavy atom. The van der Waals surface area contributed by atoms with Gasteiger partial charge in [0, 0.05) is 12.7 Å². The standard InChI is InChI=1S/C13H11N3OS/c1-14-10-6-3-2-5-9(10)13-15-12(16-17-13)11-7-4-8-18-11/h2-8,14H,1H3. The van der Waals surface area contributed by atoms with E-state index in [2.05, 4.69) is 15.5 Å². The molecule has 5 heteroatoms. The van der Waals surface area contributed by atoms with Crippen LogP contribution in [0, 0.1) is 0 Å². The Labute approximate surface area is 108 Å². The van der Waals surface area contributed by atoms with Gasteiger partial charge in [-0.15, -0.1) is 11.3 Å². The molecule has 2 aromatic heterocycles. The van der Waals surface area contributed by atoms with Gasteiger partial charge < -0.3 is 9.84 Å². The summed E-state index contributed by atoms with van der Waals surface area (Å²) in [6.07, 6.45) is 0. The molecule has 1 aromatic carbocycles. The zero-order valence-corrected chi connectivity index (χ0v) is 10.6. The van der Waals surface area contributed by atoms with E-state index in [4.69, 9.17) is 4.52 Å². The molecule has 0 saturated heterocycles. The van der Waals surface area contributed by atoms with Crippen LogP contribution in [-0.2, 0) is 0 Å². The van der Waals surface area contributed by atoms with Gasteiger partial charge in [-0.2, -0.15) is 4.98 Å². The van der Waals surface area contributed by atoms with Crippen molar-refractivity contribution in [3.05, 3.63) is 41.8 Å². The third-order valence-corrected chi connectivity index (χ3v) is 3.46. The summed E-state index contributed by atoms with van der Waals surface area (Å²) in [7, 11) is 1.87. The van der Waals surface area contributed by atoms with Crippen molar-refractivity contribution in [1.82, 2.24) is 10.1 Å². The summed E-state index contributed by atoms with van der Waals surface area (Å²) in [5.41, 5.74) is 1.88. The fourth-order valence-corrected chi connectivity index (χ4v) is 2.38. The summed E-state index contributed by atoms with van der Waals surface area (Å²) in [5.74, 6) is 1.16. The van der Waals surface area contributed by atoms with Crippen molar-refractivity contribution >= 4 is 17.0 Å². The molecule has 3 rings (SSSR count). The number of benzene rings is 1. The van der Waals surface area contributed by atoms with Crippen LogP contribution in [0.15, 0.2) is 46.3 Å². The van der Waals surface area contributed by atoms with Gasteiger partial charge in [0.05, 0.1) is 10.4 Å². The van der Waals surface area contributed by atoms with Crippen LogP contribution < -0.4 is 5.32 Å². The topological polar surface area (TPSA) is 51.0 Å². The lowest BCUT2D eigenvalue weighted by Crippen LogP contribution is -1.91. The Hall–Kier alpha value is -2.14. The number of nitrogens with zero attached hydrogens (tertiary/aromatic N) is 2. The summed E-state index contributed by atoms with van der Waals surface area (Å²) in [4.78, 5) is 5.43. The lowest BCUT2D eigenvalue weighted by atomic mass is 10.2. The fraction of sp³-hybridized carbons (Fsp3) is 0.0769. The number of para-hydroxylation sites is 1. The first-order valence-corrected chi connectivity index (χ1v) is 6.41. The summed E-state index contributed by atoms with van der Waals surface area (Å²) in [6.45, 7) is 0. The van der Waals surface area contributed by atoms with E-state index < -0.39 is 0 Å². The SMILES string of the molecule is CNc1ccccc1-c1nc(-c2cccs2)no1. The molecule has 0 fully saturated rings. The van der Waals surface area contributed by atoms with Gasteiger partial charge >= 0.3 is 0 Å². The maximum absolute atomic E-state index is 5.32. The molecule has 18 heavy (non-hydrogen) atoms. The molecule has 3 aromatic rings. The third-order valence-electron chi connectivity index (χ3n) is 2.59. The predicted molar refractivity (Wildman–Crippen MR) is 72.6 cm³/mol. The van der Waals surface area contributed by atoms with E-state index in [1.165, 1.54) is 0 Å². The first-order chi connectivity index (χ1) is 8.88. The van der Waals surface area contributed by atoms with E-state index in [9.17, 15) is 0 Å². The molecule has 0 atom stereocenters. The highest BCUT2D eigenvalue weighted by atomic mass is 32.1. The van der Waals surface area contributed by atoms with E-state index >= 15 is 0 Å². The third kappa shape index (κ3) is 1.89. The predicted octanol–water partition coefficient (Wildman–Crippen LogP) is 3.51. The van der Waals surface area contributed by atoms with Gasteiger partial charge in [-0.25, -0.2) is 0 Å². The van der Waals surface area contributed by atoms with Crippen LogP contribution in [-0.4, -0.2) is 17.2 Å². The Morgan fingerprint density at radius 1 is 1.17 bits per heavy atom. The Bertz CT molecular complexity index is 646. The average Bonchev–Trinajstić information content (AvgIpc) is 3.09. The van der Waals surface area contributed by atoms with E-state index in [1.54, 1.807) is 11.3 Å². The van der Waals surface area contributed by atoms with Gasteiger partial charge in [-0.1, -0.05) is 23.4 Å². The van der Waals surface area contributed by atoms with Gasteiger partial charge in [-0.05, 0) is 23.6 Å². The minimum absolute atomic E-state index is 0.531. The van der Waals surface area contributed by atoms with Crippen LogP contribution in [0.25, 0.3) is 22.2 Å². The van der Waals surface area contributed by atoms with Gasteiger partial charge in [0.2, 0.25) is 5.82 Å². The van der Waals surface area contributed by atoms with Crippen molar-refractivity contribution in [1.29, 1.82) is 0 Å². The lowest BCUT2D eigenvalue weighted by molar-refractivity contribution is 0.432. The maximum Gasteiger partial charge on any atom is 0.260 e. The molecule has 0 aliphatic carbocycles. The minimum atomic E-state index is 0.531. The largest absolute Gasteiger partial charge is 0.387 e. The van der Waals surface area contributed by atoms with Crippen molar-refractivity contribution in [2.75, 3.05) is 12.4 Å². The zero-order chi connectivity index (χ0) is 12.4. The first-order valence-electron chi connectivity index (χ1n) is 5.53. The van der Waals surface area contributed by atoms with Crippen molar-refractivity contribution in [2.24, 2.45) is 0 Å². The molecule has 0 unspecified atom stereocenters. The van der Waals surface area contributed by atoms with Gasteiger partial charge in [-0.3, -0.25) is 0 Å². The van der Waals surface area contributed by atoms with Crippen LogP contribution in [0.5, 0.6) is 0 Å².